The zero-order chi connectivity index (χ0) is 21.7. The summed E-state index contributed by atoms with van der Waals surface area (Å²) < 4.78 is 27.1. The smallest absolute Gasteiger partial charge is 0.254 e. The Kier molecular flexibility index (Phi) is 7.02. The molecular weight excluding hydrogens is 390 g/mol. The second-order valence-corrected chi connectivity index (χ2v) is 6.72. The molecule has 1 N–H and O–H groups in total. The standard InChI is InChI=1S/C22H27NO7/c1-26-16-7-5-14(11-18(16)28-3)21-20(13-24)30-10-9-23(21)22(25)15-6-8-17(27-2)19(12-15)29-4/h5-8,11-12,20-21,24H,9-10,13H2,1-4H3/t20-,21-/m1/s1. The van der Waals surface area contributed by atoms with Crippen LogP contribution in [0.15, 0.2) is 36.4 Å². The van der Waals surface area contributed by atoms with Crippen LogP contribution in [0.25, 0.3) is 0 Å². The van der Waals surface area contributed by atoms with Crippen LogP contribution in [0.5, 0.6) is 23.0 Å². The summed E-state index contributed by atoms with van der Waals surface area (Å²) in [6.07, 6.45) is -0.569. The number of aliphatic hydroxyl groups is 1. The van der Waals surface area contributed by atoms with Gasteiger partial charge >= 0.3 is 0 Å². The molecule has 0 radical (unpaired) electrons. The van der Waals surface area contributed by atoms with Crippen LogP contribution >= 0.6 is 0 Å². The number of carbonyl (C=O) groups excluding carboxylic acids is 1. The van der Waals surface area contributed by atoms with Gasteiger partial charge in [-0.05, 0) is 35.9 Å². The first-order valence-corrected chi connectivity index (χ1v) is 9.55. The number of nitrogens with zero attached hydrogens (tertiary/aromatic N) is 1. The van der Waals surface area contributed by atoms with Crippen LogP contribution in [-0.4, -0.2) is 70.2 Å². The number of benzene rings is 2. The molecule has 0 aromatic heterocycles. The van der Waals surface area contributed by atoms with Crippen molar-refractivity contribution in [3.8, 4) is 23.0 Å². The van der Waals surface area contributed by atoms with Crippen molar-refractivity contribution < 1.29 is 33.6 Å². The largest absolute Gasteiger partial charge is 0.493 e. The molecule has 2 aromatic carbocycles. The van der Waals surface area contributed by atoms with E-state index in [1.165, 1.54) is 7.11 Å². The average molecular weight is 417 g/mol. The third-order valence-electron chi connectivity index (χ3n) is 5.17. The lowest BCUT2D eigenvalue weighted by molar-refractivity contribution is -0.0811. The Balaban J connectivity index is 2.00. The lowest BCUT2D eigenvalue weighted by Crippen LogP contribution is -2.49. The Morgan fingerprint density at radius 2 is 1.57 bits per heavy atom. The predicted octanol–water partition coefficient (Wildman–Crippen LogP) is 2.30. The van der Waals surface area contributed by atoms with Crippen LogP contribution in [0.4, 0.5) is 0 Å². The number of methoxy groups -OCH3 is 4. The Labute approximate surface area is 175 Å². The average Bonchev–Trinajstić information content (AvgIpc) is 2.81. The summed E-state index contributed by atoms with van der Waals surface area (Å²) in [5.41, 5.74) is 1.23. The van der Waals surface area contributed by atoms with E-state index in [1.54, 1.807) is 56.6 Å². The highest BCUT2D eigenvalue weighted by Gasteiger charge is 2.37. The van der Waals surface area contributed by atoms with Gasteiger partial charge in [-0.1, -0.05) is 6.07 Å². The second kappa shape index (κ2) is 9.69. The van der Waals surface area contributed by atoms with Crippen LogP contribution in [-0.2, 0) is 4.74 Å². The van der Waals surface area contributed by atoms with Crippen molar-refractivity contribution in [2.24, 2.45) is 0 Å². The Bertz CT molecular complexity index is 886. The first-order valence-electron chi connectivity index (χ1n) is 9.55. The van der Waals surface area contributed by atoms with E-state index in [0.29, 0.717) is 41.7 Å². The second-order valence-electron chi connectivity index (χ2n) is 6.72. The molecule has 2 atom stereocenters. The van der Waals surface area contributed by atoms with Gasteiger partial charge in [-0.15, -0.1) is 0 Å². The third kappa shape index (κ3) is 4.15. The molecule has 0 unspecified atom stereocenters. The van der Waals surface area contributed by atoms with Gasteiger partial charge in [0.1, 0.15) is 6.10 Å². The maximum Gasteiger partial charge on any atom is 0.254 e. The summed E-state index contributed by atoms with van der Waals surface area (Å²) >= 11 is 0. The van der Waals surface area contributed by atoms with E-state index in [1.807, 2.05) is 6.07 Å². The number of morpholine rings is 1. The zero-order valence-electron chi connectivity index (χ0n) is 17.6. The fourth-order valence-corrected chi connectivity index (χ4v) is 3.68. The molecule has 1 amide bonds. The molecule has 1 aliphatic heterocycles. The molecule has 8 nitrogen and oxygen atoms in total. The number of aliphatic hydroxyl groups excluding tert-OH is 1. The van der Waals surface area contributed by atoms with Gasteiger partial charge in [0.25, 0.3) is 5.91 Å². The van der Waals surface area contributed by atoms with E-state index >= 15 is 0 Å². The Morgan fingerprint density at radius 1 is 0.967 bits per heavy atom. The molecule has 1 aliphatic rings. The summed E-state index contributed by atoms with van der Waals surface area (Å²) in [6, 6.07) is 9.96. The van der Waals surface area contributed by atoms with Gasteiger partial charge in [-0.2, -0.15) is 0 Å². The van der Waals surface area contributed by atoms with Crippen LogP contribution in [0.1, 0.15) is 22.0 Å². The van der Waals surface area contributed by atoms with E-state index < -0.39 is 12.1 Å². The molecule has 2 aromatic rings. The van der Waals surface area contributed by atoms with Gasteiger partial charge in [0.15, 0.2) is 23.0 Å². The minimum atomic E-state index is -0.569. The predicted molar refractivity (Wildman–Crippen MR) is 110 cm³/mol. The number of rotatable bonds is 7. The maximum atomic E-state index is 13.4. The quantitative estimate of drug-likeness (QED) is 0.740. The first kappa shape index (κ1) is 21.7. The lowest BCUT2D eigenvalue weighted by atomic mass is 9.96. The summed E-state index contributed by atoms with van der Waals surface area (Å²) in [7, 11) is 6.18. The first-order chi connectivity index (χ1) is 14.6. The van der Waals surface area contributed by atoms with Crippen molar-refractivity contribution in [1.82, 2.24) is 4.90 Å². The summed E-state index contributed by atoms with van der Waals surface area (Å²) in [6.45, 7) is 0.478. The molecule has 1 fully saturated rings. The van der Waals surface area contributed by atoms with Crippen LogP contribution < -0.4 is 18.9 Å². The molecule has 30 heavy (non-hydrogen) atoms. The Hall–Kier alpha value is -2.97. The summed E-state index contributed by atoms with van der Waals surface area (Å²) in [4.78, 5) is 15.1. The molecular formula is C22H27NO7. The van der Waals surface area contributed by atoms with Crippen LogP contribution in [0.2, 0.25) is 0 Å². The third-order valence-corrected chi connectivity index (χ3v) is 5.17. The number of amides is 1. The van der Waals surface area contributed by atoms with Crippen molar-refractivity contribution in [1.29, 1.82) is 0 Å². The van der Waals surface area contributed by atoms with Gasteiger partial charge < -0.3 is 33.7 Å². The number of hydrogen-bond acceptors (Lipinski definition) is 7. The molecule has 1 saturated heterocycles. The van der Waals surface area contributed by atoms with Crippen molar-refractivity contribution in [2.45, 2.75) is 12.1 Å². The molecule has 162 valence electrons. The summed E-state index contributed by atoms with van der Waals surface area (Å²) in [5.74, 6) is 1.93. The molecule has 0 aliphatic carbocycles. The SMILES string of the molecule is COc1ccc(C(=O)N2CCO[C@H](CO)[C@H]2c2ccc(OC)c(OC)c2)cc1OC. The lowest BCUT2D eigenvalue weighted by Gasteiger charge is -2.41. The zero-order valence-corrected chi connectivity index (χ0v) is 17.6. The molecule has 0 bridgehead atoms. The molecule has 3 rings (SSSR count). The van der Waals surface area contributed by atoms with Crippen molar-refractivity contribution in [2.75, 3.05) is 48.2 Å². The highest BCUT2D eigenvalue weighted by atomic mass is 16.5. The minimum absolute atomic E-state index is 0.197. The number of ether oxygens (including phenoxy) is 5. The molecule has 1 heterocycles. The van der Waals surface area contributed by atoms with E-state index in [2.05, 4.69) is 0 Å². The normalized spacial score (nSPS) is 18.6. The van der Waals surface area contributed by atoms with E-state index in [0.717, 1.165) is 5.56 Å². The molecule has 0 saturated carbocycles. The monoisotopic (exact) mass is 417 g/mol. The van der Waals surface area contributed by atoms with Crippen molar-refractivity contribution in [3.63, 3.8) is 0 Å². The van der Waals surface area contributed by atoms with E-state index in [9.17, 15) is 9.90 Å². The molecule has 0 spiro atoms. The fraction of sp³-hybridized carbons (Fsp3) is 0.409. The summed E-state index contributed by atoms with van der Waals surface area (Å²) in [5, 5.41) is 9.92. The van der Waals surface area contributed by atoms with Gasteiger partial charge in [0.2, 0.25) is 0 Å². The fourth-order valence-electron chi connectivity index (χ4n) is 3.68. The van der Waals surface area contributed by atoms with Crippen molar-refractivity contribution >= 4 is 5.91 Å². The van der Waals surface area contributed by atoms with Crippen LogP contribution in [0, 0.1) is 0 Å². The highest BCUT2D eigenvalue weighted by molar-refractivity contribution is 5.95. The Morgan fingerprint density at radius 3 is 2.17 bits per heavy atom. The minimum Gasteiger partial charge on any atom is -0.493 e. The molecule has 8 heteroatoms. The van der Waals surface area contributed by atoms with Crippen molar-refractivity contribution in [3.05, 3.63) is 47.5 Å². The highest BCUT2D eigenvalue weighted by Crippen LogP contribution is 2.37. The maximum absolute atomic E-state index is 13.4. The number of carbonyl (C=O) groups is 1. The van der Waals surface area contributed by atoms with Gasteiger partial charge in [-0.3, -0.25) is 4.79 Å². The van der Waals surface area contributed by atoms with Gasteiger partial charge in [0, 0.05) is 12.1 Å². The van der Waals surface area contributed by atoms with Crippen LogP contribution in [0.3, 0.4) is 0 Å². The van der Waals surface area contributed by atoms with Gasteiger partial charge in [-0.25, -0.2) is 0 Å². The van der Waals surface area contributed by atoms with Gasteiger partial charge in [0.05, 0.1) is 47.7 Å². The van der Waals surface area contributed by atoms with E-state index in [4.69, 9.17) is 23.7 Å². The van der Waals surface area contributed by atoms with E-state index in [-0.39, 0.29) is 12.5 Å². The number of hydrogen-bond donors (Lipinski definition) is 1. The topological polar surface area (TPSA) is 86.7 Å².